The lowest BCUT2D eigenvalue weighted by atomic mass is 10.2. The third-order valence-electron chi connectivity index (χ3n) is 3.14. The third-order valence-corrected chi connectivity index (χ3v) is 3.39. The van der Waals surface area contributed by atoms with Gasteiger partial charge in [-0.3, -0.25) is 4.79 Å². The number of hydrogen-bond acceptors (Lipinski definition) is 6. The van der Waals surface area contributed by atoms with E-state index in [0.717, 1.165) is 0 Å². The number of benzene rings is 2. The maximum absolute atomic E-state index is 11.9. The molecule has 0 aliphatic rings. The molecule has 0 saturated heterocycles. The van der Waals surface area contributed by atoms with Crippen LogP contribution in [0.2, 0.25) is 5.02 Å². The van der Waals surface area contributed by atoms with Gasteiger partial charge in [-0.2, -0.15) is 0 Å². The number of para-hydroxylation sites is 1. The van der Waals surface area contributed by atoms with E-state index < -0.39 is 24.5 Å². The number of esters is 2. The number of nitrogens with one attached hydrogen (secondary N) is 1. The van der Waals surface area contributed by atoms with Crippen molar-refractivity contribution >= 4 is 35.1 Å². The van der Waals surface area contributed by atoms with E-state index in [0.29, 0.717) is 10.8 Å². The van der Waals surface area contributed by atoms with Crippen molar-refractivity contribution in [3.8, 4) is 5.75 Å². The number of halogens is 1. The van der Waals surface area contributed by atoms with Crippen LogP contribution in [0.3, 0.4) is 0 Å². The number of rotatable bonds is 7. The largest absolute Gasteiger partial charge is 0.482 e. The highest BCUT2D eigenvalue weighted by Crippen LogP contribution is 2.16. The van der Waals surface area contributed by atoms with Crippen LogP contribution in [0.15, 0.2) is 48.5 Å². The molecule has 0 radical (unpaired) electrons. The van der Waals surface area contributed by atoms with Crippen LogP contribution >= 0.6 is 11.6 Å². The van der Waals surface area contributed by atoms with Gasteiger partial charge in [0, 0.05) is 5.02 Å². The van der Waals surface area contributed by atoms with Crippen molar-refractivity contribution in [3.05, 3.63) is 59.1 Å². The first-order chi connectivity index (χ1) is 12.5. The minimum Gasteiger partial charge on any atom is -0.482 e. The minimum atomic E-state index is -0.712. The van der Waals surface area contributed by atoms with Crippen LogP contribution in [-0.2, 0) is 19.1 Å². The van der Waals surface area contributed by atoms with Crippen LogP contribution in [0.5, 0.6) is 5.75 Å². The molecule has 0 heterocycles. The summed E-state index contributed by atoms with van der Waals surface area (Å²) in [6, 6.07) is 12.8. The molecule has 0 aromatic heterocycles. The SMILES string of the molecule is COC(=O)c1ccccc1NC(=O)COC(=O)COc1ccc(Cl)cc1. The van der Waals surface area contributed by atoms with E-state index in [1.165, 1.54) is 19.2 Å². The Balaban J connectivity index is 1.80. The standard InChI is InChI=1S/C18H16ClNO6/c1-24-18(23)14-4-2-3-5-15(14)20-16(21)10-26-17(22)11-25-13-8-6-12(19)7-9-13/h2-9H,10-11H2,1H3,(H,20,21). The first-order valence-corrected chi connectivity index (χ1v) is 7.88. The summed E-state index contributed by atoms with van der Waals surface area (Å²) in [7, 11) is 1.24. The molecule has 0 aliphatic heterocycles. The van der Waals surface area contributed by atoms with Crippen LogP contribution in [0.25, 0.3) is 0 Å². The number of carbonyl (C=O) groups excluding carboxylic acids is 3. The molecular weight excluding hydrogens is 362 g/mol. The predicted octanol–water partition coefficient (Wildman–Crippen LogP) is 2.69. The maximum atomic E-state index is 11.9. The van der Waals surface area contributed by atoms with Crippen molar-refractivity contribution in [2.75, 3.05) is 25.6 Å². The lowest BCUT2D eigenvalue weighted by Gasteiger charge is -2.10. The smallest absolute Gasteiger partial charge is 0.344 e. The molecule has 0 aliphatic carbocycles. The normalized spacial score (nSPS) is 9.92. The number of carbonyl (C=O) groups is 3. The summed E-state index contributed by atoms with van der Waals surface area (Å²) in [5, 5.41) is 3.03. The number of amides is 1. The Labute approximate surface area is 154 Å². The molecule has 0 atom stereocenters. The molecule has 136 valence electrons. The second kappa shape index (κ2) is 9.43. The summed E-state index contributed by atoms with van der Waals surface area (Å²) in [4.78, 5) is 35.2. The molecular formula is C18H16ClNO6. The van der Waals surface area contributed by atoms with Crippen molar-refractivity contribution in [3.63, 3.8) is 0 Å². The van der Waals surface area contributed by atoms with Gasteiger partial charge in [-0.05, 0) is 36.4 Å². The molecule has 0 fully saturated rings. The van der Waals surface area contributed by atoms with E-state index in [1.54, 1.807) is 36.4 Å². The molecule has 0 bridgehead atoms. The lowest BCUT2D eigenvalue weighted by molar-refractivity contribution is -0.149. The third kappa shape index (κ3) is 5.78. The van der Waals surface area contributed by atoms with Gasteiger partial charge in [0.25, 0.3) is 5.91 Å². The molecule has 0 spiro atoms. The van der Waals surface area contributed by atoms with Crippen molar-refractivity contribution in [1.29, 1.82) is 0 Å². The summed E-state index contributed by atoms with van der Waals surface area (Å²) < 4.78 is 14.7. The Hall–Kier alpha value is -3.06. The number of ether oxygens (including phenoxy) is 3. The van der Waals surface area contributed by atoms with E-state index >= 15 is 0 Å². The first-order valence-electron chi connectivity index (χ1n) is 7.51. The molecule has 0 saturated carbocycles. The highest BCUT2D eigenvalue weighted by atomic mass is 35.5. The minimum absolute atomic E-state index is 0.195. The topological polar surface area (TPSA) is 90.9 Å². The second-order valence-corrected chi connectivity index (χ2v) is 5.43. The molecule has 7 nitrogen and oxygen atoms in total. The molecule has 1 N–H and O–H groups in total. The Morgan fingerprint density at radius 1 is 1.00 bits per heavy atom. The highest BCUT2D eigenvalue weighted by molar-refractivity contribution is 6.30. The van der Waals surface area contributed by atoms with Crippen LogP contribution in [0.1, 0.15) is 10.4 Å². The summed E-state index contributed by atoms with van der Waals surface area (Å²) in [5.41, 5.74) is 0.457. The fourth-order valence-corrected chi connectivity index (χ4v) is 2.05. The van der Waals surface area contributed by atoms with E-state index in [4.69, 9.17) is 21.1 Å². The molecule has 2 aromatic carbocycles. The number of methoxy groups -OCH3 is 1. The van der Waals surface area contributed by atoms with E-state index in [9.17, 15) is 14.4 Å². The number of hydrogen-bond donors (Lipinski definition) is 1. The molecule has 8 heteroatoms. The average Bonchev–Trinajstić information content (AvgIpc) is 2.65. The highest BCUT2D eigenvalue weighted by Gasteiger charge is 2.14. The Morgan fingerprint density at radius 3 is 2.38 bits per heavy atom. The van der Waals surface area contributed by atoms with Crippen LogP contribution in [0.4, 0.5) is 5.69 Å². The van der Waals surface area contributed by atoms with Crippen molar-refractivity contribution in [2.24, 2.45) is 0 Å². The van der Waals surface area contributed by atoms with Crippen molar-refractivity contribution < 1.29 is 28.6 Å². The summed E-state index contributed by atoms with van der Waals surface area (Å²) in [5.74, 6) is -1.45. The van der Waals surface area contributed by atoms with Gasteiger partial charge in [0.1, 0.15) is 5.75 Å². The zero-order valence-corrected chi connectivity index (χ0v) is 14.6. The van der Waals surface area contributed by atoms with Crippen molar-refractivity contribution in [1.82, 2.24) is 0 Å². The zero-order chi connectivity index (χ0) is 18.9. The van der Waals surface area contributed by atoms with E-state index in [1.807, 2.05) is 0 Å². The van der Waals surface area contributed by atoms with Gasteiger partial charge in [-0.15, -0.1) is 0 Å². The van der Waals surface area contributed by atoms with Gasteiger partial charge in [0.2, 0.25) is 0 Å². The average molecular weight is 378 g/mol. The van der Waals surface area contributed by atoms with Gasteiger partial charge in [-0.1, -0.05) is 23.7 Å². The van der Waals surface area contributed by atoms with E-state index in [2.05, 4.69) is 10.1 Å². The molecule has 0 unspecified atom stereocenters. The molecule has 1 amide bonds. The fraction of sp³-hybridized carbons (Fsp3) is 0.167. The van der Waals surface area contributed by atoms with Crippen LogP contribution < -0.4 is 10.1 Å². The quantitative estimate of drug-likeness (QED) is 0.746. The van der Waals surface area contributed by atoms with Gasteiger partial charge in [0.05, 0.1) is 18.4 Å². The zero-order valence-electron chi connectivity index (χ0n) is 13.9. The lowest BCUT2D eigenvalue weighted by Crippen LogP contribution is -2.24. The molecule has 26 heavy (non-hydrogen) atoms. The fourth-order valence-electron chi connectivity index (χ4n) is 1.93. The van der Waals surface area contributed by atoms with Crippen LogP contribution in [-0.4, -0.2) is 38.2 Å². The van der Waals surface area contributed by atoms with Gasteiger partial charge in [-0.25, -0.2) is 9.59 Å². The Bertz CT molecular complexity index is 791. The van der Waals surface area contributed by atoms with E-state index in [-0.39, 0.29) is 17.9 Å². The number of anilines is 1. The van der Waals surface area contributed by atoms with Gasteiger partial charge in [0.15, 0.2) is 13.2 Å². The Kier molecular flexibility index (Phi) is 6.99. The van der Waals surface area contributed by atoms with Gasteiger partial charge >= 0.3 is 11.9 Å². The molecule has 2 rings (SSSR count). The van der Waals surface area contributed by atoms with Crippen LogP contribution in [0, 0.1) is 0 Å². The Morgan fingerprint density at radius 2 is 1.69 bits per heavy atom. The van der Waals surface area contributed by atoms with Crippen molar-refractivity contribution in [2.45, 2.75) is 0 Å². The first kappa shape index (κ1) is 19.3. The monoisotopic (exact) mass is 377 g/mol. The van der Waals surface area contributed by atoms with Gasteiger partial charge < -0.3 is 19.5 Å². The summed E-state index contributed by atoms with van der Waals surface area (Å²) in [6.45, 7) is -0.869. The second-order valence-electron chi connectivity index (χ2n) is 4.99. The maximum Gasteiger partial charge on any atom is 0.344 e. The molecule has 2 aromatic rings. The predicted molar refractivity (Wildman–Crippen MR) is 94.3 cm³/mol. The summed E-state index contributed by atoms with van der Waals surface area (Å²) >= 11 is 5.74. The summed E-state index contributed by atoms with van der Waals surface area (Å²) in [6.07, 6.45) is 0.